The maximum absolute atomic E-state index is 12.6. The van der Waals surface area contributed by atoms with Crippen LogP contribution in [0.5, 0.6) is 0 Å². The van der Waals surface area contributed by atoms with Crippen LogP contribution in [-0.4, -0.2) is 63.4 Å². The number of amides is 1. The molecule has 0 unspecified atom stereocenters. The first-order valence-corrected chi connectivity index (χ1v) is 9.55. The molecule has 0 aliphatic carbocycles. The van der Waals surface area contributed by atoms with E-state index >= 15 is 0 Å². The number of rotatable bonds is 7. The normalized spacial score (nSPS) is 16.0. The lowest BCUT2D eigenvalue weighted by Crippen LogP contribution is -2.35. The first kappa shape index (κ1) is 18.9. The van der Waals surface area contributed by atoms with Gasteiger partial charge in [-0.05, 0) is 50.9 Å². The van der Waals surface area contributed by atoms with Gasteiger partial charge in [-0.1, -0.05) is 35.0 Å². The highest BCUT2D eigenvalue weighted by Gasteiger charge is 2.20. The van der Waals surface area contributed by atoms with Crippen LogP contribution in [0.1, 0.15) is 42.2 Å². The van der Waals surface area contributed by atoms with E-state index < -0.39 is 0 Å². The summed E-state index contributed by atoms with van der Waals surface area (Å²) in [5.74, 6) is -0.0935. The van der Waals surface area contributed by atoms with Gasteiger partial charge >= 0.3 is 0 Å². The first-order valence-electron chi connectivity index (χ1n) is 9.17. The predicted molar refractivity (Wildman–Crippen MR) is 102 cm³/mol. The minimum atomic E-state index is -0.0935. The van der Waals surface area contributed by atoms with Crippen molar-refractivity contribution in [2.75, 3.05) is 26.7 Å². The summed E-state index contributed by atoms with van der Waals surface area (Å²) in [6, 6.07) is 8.11. The van der Waals surface area contributed by atoms with Crippen molar-refractivity contribution >= 4 is 17.5 Å². The number of carbonyl (C=O) groups excluding carboxylic acids is 1. The van der Waals surface area contributed by atoms with Crippen molar-refractivity contribution in [2.24, 2.45) is 0 Å². The molecule has 140 valence electrons. The second-order valence-electron chi connectivity index (χ2n) is 7.00. The van der Waals surface area contributed by atoms with Crippen LogP contribution in [0.2, 0.25) is 5.02 Å². The molecule has 1 aromatic heterocycles. The van der Waals surface area contributed by atoms with Crippen LogP contribution in [0.3, 0.4) is 0 Å². The Morgan fingerprint density at radius 1 is 1.31 bits per heavy atom. The fourth-order valence-corrected chi connectivity index (χ4v) is 3.51. The standard InChI is InChI=1S/C19H26ClN5O/c1-15(24-10-5-6-11-24)9-12-23(2)19(26)18-14-25(22-21-18)13-16-7-3-4-8-17(16)20/h3-4,7-8,14-15H,5-6,9-13H2,1-2H3/t15-/m0/s1. The van der Waals surface area contributed by atoms with Gasteiger partial charge in [0.05, 0.1) is 12.7 Å². The van der Waals surface area contributed by atoms with Crippen LogP contribution in [0, 0.1) is 0 Å². The third-order valence-electron chi connectivity index (χ3n) is 5.04. The van der Waals surface area contributed by atoms with E-state index in [9.17, 15) is 4.79 Å². The molecule has 1 fully saturated rings. The largest absolute Gasteiger partial charge is 0.340 e. The van der Waals surface area contributed by atoms with Gasteiger partial charge in [0, 0.05) is 24.7 Å². The average Bonchev–Trinajstić information content (AvgIpc) is 3.32. The Hall–Kier alpha value is -1.92. The molecule has 0 saturated carbocycles. The molecule has 1 saturated heterocycles. The maximum atomic E-state index is 12.6. The summed E-state index contributed by atoms with van der Waals surface area (Å²) in [6.45, 7) is 5.80. The van der Waals surface area contributed by atoms with Crippen molar-refractivity contribution in [3.8, 4) is 0 Å². The van der Waals surface area contributed by atoms with Gasteiger partial charge in [0.25, 0.3) is 5.91 Å². The highest BCUT2D eigenvalue weighted by atomic mass is 35.5. The van der Waals surface area contributed by atoms with Crippen LogP contribution in [0.25, 0.3) is 0 Å². The van der Waals surface area contributed by atoms with Crippen LogP contribution < -0.4 is 0 Å². The lowest BCUT2D eigenvalue weighted by Gasteiger charge is -2.25. The van der Waals surface area contributed by atoms with Crippen LogP contribution in [0.4, 0.5) is 0 Å². The van der Waals surface area contributed by atoms with Gasteiger partial charge in [0.1, 0.15) is 0 Å². The van der Waals surface area contributed by atoms with E-state index in [4.69, 9.17) is 11.6 Å². The van der Waals surface area contributed by atoms with Crippen LogP contribution in [0.15, 0.2) is 30.5 Å². The second kappa shape index (κ2) is 8.64. The van der Waals surface area contributed by atoms with Gasteiger partial charge < -0.3 is 9.80 Å². The molecule has 0 spiro atoms. The predicted octanol–water partition coefficient (Wildman–Crippen LogP) is 2.93. The highest BCUT2D eigenvalue weighted by molar-refractivity contribution is 6.31. The summed E-state index contributed by atoms with van der Waals surface area (Å²) in [7, 11) is 1.83. The number of hydrogen-bond donors (Lipinski definition) is 0. The van der Waals surface area contributed by atoms with Gasteiger partial charge in [-0.15, -0.1) is 5.10 Å². The van der Waals surface area contributed by atoms with E-state index in [1.807, 2.05) is 31.3 Å². The Bertz CT molecular complexity index is 741. The van der Waals surface area contributed by atoms with E-state index in [1.54, 1.807) is 15.8 Å². The minimum absolute atomic E-state index is 0.0935. The summed E-state index contributed by atoms with van der Waals surface area (Å²) < 4.78 is 1.65. The number of halogens is 1. The zero-order valence-corrected chi connectivity index (χ0v) is 16.2. The van der Waals surface area contributed by atoms with Crippen LogP contribution in [-0.2, 0) is 6.54 Å². The van der Waals surface area contributed by atoms with Gasteiger partial charge in [-0.2, -0.15) is 0 Å². The molecular weight excluding hydrogens is 350 g/mol. The molecule has 7 heteroatoms. The summed E-state index contributed by atoms with van der Waals surface area (Å²) in [4.78, 5) is 16.8. The van der Waals surface area contributed by atoms with Crippen molar-refractivity contribution in [3.63, 3.8) is 0 Å². The lowest BCUT2D eigenvalue weighted by molar-refractivity contribution is 0.0775. The molecule has 26 heavy (non-hydrogen) atoms. The van der Waals surface area contributed by atoms with Gasteiger partial charge in [0.2, 0.25) is 0 Å². The van der Waals surface area contributed by atoms with E-state index in [1.165, 1.54) is 25.9 Å². The molecule has 2 aromatic rings. The molecule has 2 heterocycles. The summed E-state index contributed by atoms with van der Waals surface area (Å²) >= 11 is 6.18. The second-order valence-corrected chi connectivity index (χ2v) is 7.41. The first-order chi connectivity index (χ1) is 12.5. The Balaban J connectivity index is 1.54. The summed E-state index contributed by atoms with van der Waals surface area (Å²) in [6.07, 6.45) is 5.23. The molecule has 1 aliphatic rings. The monoisotopic (exact) mass is 375 g/mol. The van der Waals surface area contributed by atoms with Crippen molar-refractivity contribution < 1.29 is 4.79 Å². The van der Waals surface area contributed by atoms with Gasteiger partial charge in [-0.3, -0.25) is 4.79 Å². The van der Waals surface area contributed by atoms with Gasteiger partial charge in [0.15, 0.2) is 5.69 Å². The average molecular weight is 376 g/mol. The molecule has 0 radical (unpaired) electrons. The van der Waals surface area contributed by atoms with Gasteiger partial charge in [-0.25, -0.2) is 4.68 Å². The number of aromatic nitrogens is 3. The van der Waals surface area contributed by atoms with Crippen molar-refractivity contribution in [3.05, 3.63) is 46.7 Å². The van der Waals surface area contributed by atoms with Crippen molar-refractivity contribution in [1.29, 1.82) is 0 Å². The zero-order chi connectivity index (χ0) is 18.5. The number of nitrogens with zero attached hydrogens (tertiary/aromatic N) is 5. The summed E-state index contributed by atoms with van der Waals surface area (Å²) in [5, 5.41) is 8.79. The maximum Gasteiger partial charge on any atom is 0.275 e. The molecule has 3 rings (SSSR count). The quantitative estimate of drug-likeness (QED) is 0.746. The molecule has 6 nitrogen and oxygen atoms in total. The third-order valence-corrected chi connectivity index (χ3v) is 5.41. The highest BCUT2D eigenvalue weighted by Crippen LogP contribution is 2.16. The fourth-order valence-electron chi connectivity index (χ4n) is 3.32. The van der Waals surface area contributed by atoms with E-state index in [-0.39, 0.29) is 5.91 Å². The van der Waals surface area contributed by atoms with Crippen molar-refractivity contribution in [2.45, 2.75) is 38.8 Å². The van der Waals surface area contributed by atoms with Crippen molar-refractivity contribution in [1.82, 2.24) is 24.8 Å². The topological polar surface area (TPSA) is 54.3 Å². The Kier molecular flexibility index (Phi) is 6.27. The number of carbonyl (C=O) groups is 1. The molecule has 1 aromatic carbocycles. The van der Waals surface area contributed by atoms with E-state index in [0.717, 1.165) is 12.0 Å². The van der Waals surface area contributed by atoms with E-state index in [0.29, 0.717) is 29.8 Å². The summed E-state index contributed by atoms with van der Waals surface area (Å²) in [5.41, 5.74) is 1.32. The third kappa shape index (κ3) is 4.62. The minimum Gasteiger partial charge on any atom is -0.340 e. The molecule has 0 bridgehead atoms. The molecular formula is C19H26ClN5O. The Labute approximate surface area is 159 Å². The van der Waals surface area contributed by atoms with Crippen LogP contribution >= 0.6 is 11.6 Å². The SMILES string of the molecule is C[C@@H](CCN(C)C(=O)c1cn(Cc2ccccc2Cl)nn1)N1CCCC1. The Morgan fingerprint density at radius 2 is 2.04 bits per heavy atom. The number of hydrogen-bond acceptors (Lipinski definition) is 4. The lowest BCUT2D eigenvalue weighted by atomic mass is 10.2. The molecule has 1 amide bonds. The number of likely N-dealkylation sites (tertiary alicyclic amines) is 1. The Morgan fingerprint density at radius 3 is 2.77 bits per heavy atom. The molecule has 1 atom stereocenters. The molecule has 1 aliphatic heterocycles. The van der Waals surface area contributed by atoms with E-state index in [2.05, 4.69) is 22.1 Å². The smallest absolute Gasteiger partial charge is 0.275 e. The number of benzene rings is 1. The zero-order valence-electron chi connectivity index (χ0n) is 15.4. The fraction of sp³-hybridized carbons (Fsp3) is 0.526. The molecule has 0 N–H and O–H groups in total.